The molecule has 0 N–H and O–H groups in total. The number of aromatic nitrogens is 1. The quantitative estimate of drug-likeness (QED) is 0.832. The summed E-state index contributed by atoms with van der Waals surface area (Å²) >= 11 is 0. The van der Waals surface area contributed by atoms with Gasteiger partial charge in [0.25, 0.3) is 0 Å². The van der Waals surface area contributed by atoms with E-state index in [0.717, 1.165) is 6.07 Å². The molecule has 1 aromatic rings. The van der Waals surface area contributed by atoms with Crippen LogP contribution in [0.4, 0.5) is 19.0 Å². The molecule has 1 unspecified atom stereocenters. The Bertz CT molecular complexity index is 437. The van der Waals surface area contributed by atoms with Gasteiger partial charge in [-0.15, -0.1) is 0 Å². The van der Waals surface area contributed by atoms with E-state index in [0.29, 0.717) is 13.1 Å². The molecule has 0 bridgehead atoms. The van der Waals surface area contributed by atoms with Gasteiger partial charge in [0.15, 0.2) is 0 Å². The molecule has 1 rings (SSSR count). The first-order chi connectivity index (χ1) is 8.38. The van der Waals surface area contributed by atoms with Crippen LogP contribution in [-0.4, -0.2) is 18.1 Å². The zero-order valence-electron chi connectivity index (χ0n) is 10.2. The van der Waals surface area contributed by atoms with E-state index in [2.05, 4.69) is 11.1 Å². The van der Waals surface area contributed by atoms with E-state index in [9.17, 15) is 13.2 Å². The highest BCUT2D eigenvalue weighted by Crippen LogP contribution is 2.28. The lowest BCUT2D eigenvalue weighted by molar-refractivity contribution is -0.141. The highest BCUT2D eigenvalue weighted by Gasteiger charge is 2.32. The number of alkyl halides is 3. The highest BCUT2D eigenvalue weighted by molar-refractivity contribution is 5.39. The van der Waals surface area contributed by atoms with Crippen LogP contribution in [0.25, 0.3) is 0 Å². The van der Waals surface area contributed by atoms with Crippen LogP contribution in [0.15, 0.2) is 18.2 Å². The fraction of sp³-hybridized carbons (Fsp3) is 0.500. The Labute approximate surface area is 104 Å². The Hall–Kier alpha value is -1.77. The first kappa shape index (κ1) is 14.3. The fourth-order valence-corrected chi connectivity index (χ4v) is 1.51. The van der Waals surface area contributed by atoms with Crippen LogP contribution in [0.1, 0.15) is 19.5 Å². The van der Waals surface area contributed by atoms with Crippen molar-refractivity contribution in [3.63, 3.8) is 0 Å². The molecule has 6 heteroatoms. The molecular weight excluding hydrogens is 243 g/mol. The molecule has 0 aliphatic heterocycles. The summed E-state index contributed by atoms with van der Waals surface area (Å²) in [6.45, 7) is 4.39. The molecule has 18 heavy (non-hydrogen) atoms. The van der Waals surface area contributed by atoms with Crippen molar-refractivity contribution in [2.24, 2.45) is 5.92 Å². The minimum absolute atomic E-state index is 0.245. The maximum Gasteiger partial charge on any atom is 0.433 e. The summed E-state index contributed by atoms with van der Waals surface area (Å²) < 4.78 is 37.6. The Kier molecular flexibility index (Phi) is 4.54. The van der Waals surface area contributed by atoms with E-state index in [1.54, 1.807) is 11.8 Å². The van der Waals surface area contributed by atoms with Crippen LogP contribution >= 0.6 is 0 Å². The zero-order chi connectivity index (χ0) is 13.8. The molecule has 0 saturated heterocycles. The van der Waals surface area contributed by atoms with E-state index in [4.69, 9.17) is 5.26 Å². The summed E-state index contributed by atoms with van der Waals surface area (Å²) in [6, 6.07) is 5.83. The van der Waals surface area contributed by atoms with Crippen LogP contribution in [0, 0.1) is 17.2 Å². The van der Waals surface area contributed by atoms with Crippen molar-refractivity contribution in [3.05, 3.63) is 23.9 Å². The monoisotopic (exact) mass is 257 g/mol. The third-order valence-electron chi connectivity index (χ3n) is 2.45. The zero-order valence-corrected chi connectivity index (χ0v) is 10.2. The SMILES string of the molecule is CCN(CC(C)C#N)c1cccc(C(F)(F)F)n1. The van der Waals surface area contributed by atoms with Crippen LogP contribution in [0.3, 0.4) is 0 Å². The normalized spacial score (nSPS) is 12.9. The number of nitrogens with zero attached hydrogens (tertiary/aromatic N) is 3. The third kappa shape index (κ3) is 3.62. The first-order valence-corrected chi connectivity index (χ1v) is 5.57. The van der Waals surface area contributed by atoms with Crippen LogP contribution in [0.5, 0.6) is 0 Å². The lowest BCUT2D eigenvalue weighted by Crippen LogP contribution is -2.29. The van der Waals surface area contributed by atoms with E-state index in [1.165, 1.54) is 12.1 Å². The molecule has 0 saturated carbocycles. The van der Waals surface area contributed by atoms with Gasteiger partial charge in [-0.3, -0.25) is 0 Å². The van der Waals surface area contributed by atoms with E-state index in [-0.39, 0.29) is 11.7 Å². The van der Waals surface area contributed by atoms with Crippen LogP contribution in [-0.2, 0) is 6.18 Å². The second kappa shape index (κ2) is 5.71. The number of hydrogen-bond acceptors (Lipinski definition) is 3. The third-order valence-corrected chi connectivity index (χ3v) is 2.45. The first-order valence-electron chi connectivity index (χ1n) is 5.57. The van der Waals surface area contributed by atoms with Crippen molar-refractivity contribution in [1.29, 1.82) is 5.26 Å². The van der Waals surface area contributed by atoms with Gasteiger partial charge < -0.3 is 4.90 Å². The molecule has 1 heterocycles. The van der Waals surface area contributed by atoms with Gasteiger partial charge in [-0.1, -0.05) is 6.07 Å². The summed E-state index contributed by atoms with van der Waals surface area (Å²) in [5, 5.41) is 8.73. The van der Waals surface area contributed by atoms with Crippen molar-refractivity contribution < 1.29 is 13.2 Å². The molecular formula is C12H14F3N3. The van der Waals surface area contributed by atoms with Crippen LogP contribution < -0.4 is 4.90 Å². The van der Waals surface area contributed by atoms with Gasteiger partial charge in [0, 0.05) is 13.1 Å². The van der Waals surface area contributed by atoms with Crippen molar-refractivity contribution in [1.82, 2.24) is 4.98 Å². The summed E-state index contributed by atoms with van der Waals surface area (Å²) in [7, 11) is 0. The van der Waals surface area contributed by atoms with Gasteiger partial charge in [-0.25, -0.2) is 4.98 Å². The molecule has 98 valence electrons. The minimum Gasteiger partial charge on any atom is -0.356 e. The molecule has 1 atom stereocenters. The number of nitriles is 1. The Morgan fingerprint density at radius 2 is 2.11 bits per heavy atom. The summed E-state index contributed by atoms with van der Waals surface area (Å²) in [6.07, 6.45) is -4.45. The van der Waals surface area contributed by atoms with Gasteiger partial charge in [0.2, 0.25) is 0 Å². The lowest BCUT2D eigenvalue weighted by Gasteiger charge is -2.23. The Morgan fingerprint density at radius 1 is 1.44 bits per heavy atom. The second-order valence-corrected chi connectivity index (χ2v) is 3.95. The predicted octanol–water partition coefficient (Wildman–Crippen LogP) is 3.09. The molecule has 1 aromatic heterocycles. The highest BCUT2D eigenvalue weighted by atomic mass is 19.4. The molecule has 0 amide bonds. The van der Waals surface area contributed by atoms with Crippen molar-refractivity contribution in [2.75, 3.05) is 18.0 Å². The van der Waals surface area contributed by atoms with Gasteiger partial charge in [-0.2, -0.15) is 18.4 Å². The summed E-state index contributed by atoms with van der Waals surface area (Å²) in [5.41, 5.74) is -0.914. The molecule has 0 aromatic carbocycles. The summed E-state index contributed by atoms with van der Waals surface area (Å²) in [5.74, 6) is -0.0179. The van der Waals surface area contributed by atoms with E-state index >= 15 is 0 Å². The fourth-order valence-electron chi connectivity index (χ4n) is 1.51. The van der Waals surface area contributed by atoms with Crippen LogP contribution in [0.2, 0.25) is 0 Å². The van der Waals surface area contributed by atoms with E-state index in [1.807, 2.05) is 6.92 Å². The topological polar surface area (TPSA) is 39.9 Å². The van der Waals surface area contributed by atoms with Gasteiger partial charge in [0.1, 0.15) is 11.5 Å². The average molecular weight is 257 g/mol. The molecule has 0 spiro atoms. The standard InChI is InChI=1S/C12H14F3N3/c1-3-18(8-9(2)7-16)11-6-4-5-10(17-11)12(13,14)15/h4-6,9H,3,8H2,1-2H3. The van der Waals surface area contributed by atoms with Gasteiger partial charge >= 0.3 is 6.18 Å². The Morgan fingerprint density at radius 3 is 2.61 bits per heavy atom. The summed E-state index contributed by atoms with van der Waals surface area (Å²) in [4.78, 5) is 5.25. The predicted molar refractivity (Wildman–Crippen MR) is 61.9 cm³/mol. The van der Waals surface area contributed by atoms with Crippen molar-refractivity contribution in [3.8, 4) is 6.07 Å². The lowest BCUT2D eigenvalue weighted by atomic mass is 10.2. The number of rotatable bonds is 4. The number of pyridine rings is 1. The smallest absolute Gasteiger partial charge is 0.356 e. The molecule has 0 fully saturated rings. The number of anilines is 1. The second-order valence-electron chi connectivity index (χ2n) is 3.95. The minimum atomic E-state index is -4.45. The maximum atomic E-state index is 12.5. The van der Waals surface area contributed by atoms with Crippen molar-refractivity contribution >= 4 is 5.82 Å². The molecule has 3 nitrogen and oxygen atoms in total. The molecule has 0 aliphatic carbocycles. The largest absolute Gasteiger partial charge is 0.433 e. The number of hydrogen-bond donors (Lipinski definition) is 0. The van der Waals surface area contributed by atoms with Crippen molar-refractivity contribution in [2.45, 2.75) is 20.0 Å². The number of halogens is 3. The van der Waals surface area contributed by atoms with Gasteiger partial charge in [-0.05, 0) is 26.0 Å². The van der Waals surface area contributed by atoms with E-state index < -0.39 is 11.9 Å². The molecule has 0 radical (unpaired) electrons. The Balaban J connectivity index is 2.97. The van der Waals surface area contributed by atoms with Gasteiger partial charge in [0.05, 0.1) is 12.0 Å². The maximum absolute atomic E-state index is 12.5. The average Bonchev–Trinajstić information content (AvgIpc) is 2.34. The molecule has 0 aliphatic rings.